The zero-order chi connectivity index (χ0) is 33.3. The minimum absolute atomic E-state index is 0.0987. The quantitative estimate of drug-likeness (QED) is 0.282. The number of amides is 1. The number of nitrogens with one attached hydrogen (secondary N) is 1. The van der Waals surface area contributed by atoms with Gasteiger partial charge in [0.05, 0.1) is 36.9 Å². The van der Waals surface area contributed by atoms with Crippen LogP contribution in [-0.2, 0) is 31.3 Å². The fourth-order valence-corrected chi connectivity index (χ4v) is 10.7. The lowest BCUT2D eigenvalue weighted by Crippen LogP contribution is -2.49. The lowest BCUT2D eigenvalue weighted by molar-refractivity contribution is -0.0309. The van der Waals surface area contributed by atoms with Gasteiger partial charge in [0.1, 0.15) is 5.75 Å². The second-order valence-corrected chi connectivity index (χ2v) is 16.7. The van der Waals surface area contributed by atoms with Gasteiger partial charge >= 0.3 is 0 Å². The third kappa shape index (κ3) is 7.10. The Bertz CT molecular complexity index is 1600. The SMILES string of the molecule is COCCO[C@H]1/C=C\C[C@H](C)[C@H](C(C)C)S(=O)(=O)NC(=O)c2ccc3c(c2)N(C[C@@H]2CC[C@H]21)C[C@@]1(CCCc2cc(Cl)ccc21)CO3. The molecule has 8 nitrogen and oxygen atoms in total. The van der Waals surface area contributed by atoms with E-state index in [9.17, 15) is 13.2 Å². The highest BCUT2D eigenvalue weighted by Gasteiger charge is 2.45. The molecule has 4 aliphatic rings. The number of carbonyl (C=O) groups excluding carboxylic acids is 1. The highest BCUT2D eigenvalue weighted by atomic mass is 35.5. The van der Waals surface area contributed by atoms with Crippen LogP contribution in [0.4, 0.5) is 5.69 Å². The number of hydrogen-bond acceptors (Lipinski definition) is 7. The summed E-state index contributed by atoms with van der Waals surface area (Å²) >= 11 is 6.44. The zero-order valence-corrected chi connectivity index (χ0v) is 29.6. The Morgan fingerprint density at radius 1 is 1.15 bits per heavy atom. The molecule has 256 valence electrons. The van der Waals surface area contributed by atoms with Crippen LogP contribution in [0.25, 0.3) is 0 Å². The third-order valence-corrected chi connectivity index (χ3v) is 13.3. The first-order valence-corrected chi connectivity index (χ1v) is 19.1. The number of rotatable bonds is 5. The van der Waals surface area contributed by atoms with Crippen LogP contribution < -0.4 is 14.4 Å². The Morgan fingerprint density at radius 2 is 1.98 bits per heavy atom. The summed E-state index contributed by atoms with van der Waals surface area (Å²) in [7, 11) is -2.30. The number of anilines is 1. The minimum atomic E-state index is -3.97. The van der Waals surface area contributed by atoms with Gasteiger partial charge in [-0.05, 0) is 104 Å². The molecule has 0 radical (unpaired) electrons. The van der Waals surface area contributed by atoms with Gasteiger partial charge < -0.3 is 19.1 Å². The van der Waals surface area contributed by atoms with Crippen molar-refractivity contribution in [1.29, 1.82) is 0 Å². The molecule has 10 heteroatoms. The van der Waals surface area contributed by atoms with Gasteiger partial charge in [0.15, 0.2) is 0 Å². The summed E-state index contributed by atoms with van der Waals surface area (Å²) in [5.41, 5.74) is 3.43. The van der Waals surface area contributed by atoms with Crippen molar-refractivity contribution in [3.05, 3.63) is 70.3 Å². The smallest absolute Gasteiger partial charge is 0.264 e. The van der Waals surface area contributed by atoms with Crippen LogP contribution in [0.3, 0.4) is 0 Å². The Hall–Kier alpha value is -2.59. The molecular formula is C37H49ClN2O6S. The van der Waals surface area contributed by atoms with Crippen molar-refractivity contribution in [1.82, 2.24) is 4.72 Å². The van der Waals surface area contributed by atoms with Gasteiger partial charge in [-0.15, -0.1) is 0 Å². The number of sulfonamides is 1. The van der Waals surface area contributed by atoms with Crippen molar-refractivity contribution in [2.45, 2.75) is 76.1 Å². The topological polar surface area (TPSA) is 94.2 Å². The molecule has 2 heterocycles. The average Bonchev–Trinajstić information content (AvgIpc) is 3.15. The van der Waals surface area contributed by atoms with Crippen LogP contribution in [0.1, 0.15) is 74.4 Å². The van der Waals surface area contributed by atoms with E-state index in [1.807, 2.05) is 39.0 Å². The number of fused-ring (bicyclic) bond motifs is 4. The lowest BCUT2D eigenvalue weighted by Gasteiger charge is -2.46. The van der Waals surface area contributed by atoms with Crippen LogP contribution in [-0.4, -0.2) is 65.7 Å². The van der Waals surface area contributed by atoms with E-state index in [0.717, 1.165) is 55.9 Å². The van der Waals surface area contributed by atoms with Crippen molar-refractivity contribution < 1.29 is 27.4 Å². The van der Waals surface area contributed by atoms with Crippen molar-refractivity contribution in [3.63, 3.8) is 0 Å². The monoisotopic (exact) mass is 684 g/mol. The number of hydrogen-bond donors (Lipinski definition) is 1. The van der Waals surface area contributed by atoms with Gasteiger partial charge in [0.25, 0.3) is 5.91 Å². The number of nitrogens with zero attached hydrogens (tertiary/aromatic N) is 1. The lowest BCUT2D eigenvalue weighted by atomic mass is 9.68. The van der Waals surface area contributed by atoms with Gasteiger partial charge in [-0.25, -0.2) is 13.1 Å². The predicted molar refractivity (Wildman–Crippen MR) is 186 cm³/mol. The highest BCUT2D eigenvalue weighted by molar-refractivity contribution is 7.90. The zero-order valence-electron chi connectivity index (χ0n) is 28.0. The number of aryl methyl sites for hydroxylation is 1. The molecule has 1 amide bonds. The number of allylic oxidation sites excluding steroid dienone is 1. The van der Waals surface area contributed by atoms with E-state index in [1.54, 1.807) is 13.2 Å². The van der Waals surface area contributed by atoms with E-state index < -0.39 is 21.2 Å². The standard InChI is InChI=1S/C37H49ClN2O6S/c1-24(2)35-25(3)7-5-9-33(45-18-17-44-4)30-13-10-28(30)21-40-22-37(16-6-8-26-19-29(38)12-14-31(26)37)23-46-34-15-11-27(20-32(34)40)36(41)39-47(35,42)43/h5,9,11-12,14-15,19-20,24-25,28,30,33,35H,6-8,10,13,16-18,21-23H2,1-4H3,(H,39,41)/b9-5-/t25-,28-,30+,33-,35-,37-/m0/s1. The van der Waals surface area contributed by atoms with E-state index in [0.29, 0.717) is 49.4 Å². The van der Waals surface area contributed by atoms with E-state index in [-0.39, 0.29) is 23.4 Å². The van der Waals surface area contributed by atoms with Crippen LogP contribution in [0.5, 0.6) is 5.75 Å². The largest absolute Gasteiger partial charge is 0.490 e. The van der Waals surface area contributed by atoms with E-state index in [4.69, 9.17) is 25.8 Å². The maximum Gasteiger partial charge on any atom is 0.264 e. The maximum atomic E-state index is 13.8. The third-order valence-electron chi connectivity index (χ3n) is 10.9. The Labute approximate surface area is 285 Å². The normalized spacial score (nSPS) is 31.1. The summed E-state index contributed by atoms with van der Waals surface area (Å²) in [5, 5.41) is 0.00179. The first-order valence-electron chi connectivity index (χ1n) is 17.2. The second-order valence-electron chi connectivity index (χ2n) is 14.4. The molecule has 2 aliphatic carbocycles. The maximum absolute atomic E-state index is 13.8. The molecular weight excluding hydrogens is 636 g/mol. The molecule has 2 bridgehead atoms. The Morgan fingerprint density at radius 3 is 2.72 bits per heavy atom. The predicted octanol–water partition coefficient (Wildman–Crippen LogP) is 6.55. The van der Waals surface area contributed by atoms with Gasteiger partial charge in [0, 0.05) is 36.2 Å². The molecule has 1 saturated carbocycles. The molecule has 0 unspecified atom stereocenters. The Kier molecular flexibility index (Phi) is 10.3. The van der Waals surface area contributed by atoms with Crippen molar-refractivity contribution in [2.75, 3.05) is 44.9 Å². The number of ether oxygens (including phenoxy) is 3. The fraction of sp³-hybridized carbons (Fsp3) is 0.595. The molecule has 0 aromatic heterocycles. The van der Waals surface area contributed by atoms with Crippen LogP contribution in [0, 0.1) is 23.7 Å². The molecule has 47 heavy (non-hydrogen) atoms. The van der Waals surface area contributed by atoms with E-state index >= 15 is 0 Å². The summed E-state index contributed by atoms with van der Waals surface area (Å²) < 4.78 is 48.3. The molecule has 6 atom stereocenters. The molecule has 2 aliphatic heterocycles. The molecule has 1 spiro atoms. The molecule has 1 N–H and O–H groups in total. The molecule has 2 aromatic rings. The molecule has 0 saturated heterocycles. The summed E-state index contributed by atoms with van der Waals surface area (Å²) in [6.07, 6.45) is 9.81. The Balaban J connectivity index is 1.42. The number of halogens is 1. The minimum Gasteiger partial charge on any atom is -0.490 e. The fourth-order valence-electron chi connectivity index (χ4n) is 8.52. The summed E-state index contributed by atoms with van der Waals surface area (Å²) in [5.74, 6) is 0.381. The number of methoxy groups -OCH3 is 1. The van der Waals surface area contributed by atoms with E-state index in [2.05, 4.69) is 33.9 Å². The van der Waals surface area contributed by atoms with Crippen molar-refractivity contribution >= 4 is 33.2 Å². The first-order chi connectivity index (χ1) is 22.5. The van der Waals surface area contributed by atoms with Crippen LogP contribution in [0.2, 0.25) is 5.02 Å². The number of benzene rings is 2. The van der Waals surface area contributed by atoms with Crippen molar-refractivity contribution in [3.8, 4) is 5.75 Å². The van der Waals surface area contributed by atoms with Gasteiger partial charge in [-0.3, -0.25) is 4.79 Å². The first kappa shape index (κ1) is 34.3. The molecule has 2 aromatic carbocycles. The van der Waals surface area contributed by atoms with Gasteiger partial charge in [-0.1, -0.05) is 50.6 Å². The second kappa shape index (κ2) is 14.1. The van der Waals surface area contributed by atoms with E-state index in [1.165, 1.54) is 11.1 Å². The highest BCUT2D eigenvalue weighted by Crippen LogP contribution is 2.47. The number of carbonyl (C=O) groups is 1. The summed E-state index contributed by atoms with van der Waals surface area (Å²) in [6.45, 7) is 8.75. The van der Waals surface area contributed by atoms with Crippen molar-refractivity contribution in [2.24, 2.45) is 23.7 Å². The van der Waals surface area contributed by atoms with Crippen LogP contribution >= 0.6 is 11.6 Å². The van der Waals surface area contributed by atoms with Crippen LogP contribution in [0.15, 0.2) is 48.6 Å². The van der Waals surface area contributed by atoms with Gasteiger partial charge in [-0.2, -0.15) is 0 Å². The summed E-state index contributed by atoms with van der Waals surface area (Å²) in [6, 6.07) is 11.6. The van der Waals surface area contributed by atoms with Gasteiger partial charge in [0.2, 0.25) is 10.0 Å². The molecule has 1 fully saturated rings. The molecule has 6 rings (SSSR count). The summed E-state index contributed by atoms with van der Waals surface area (Å²) in [4.78, 5) is 16.1. The average molecular weight is 685 g/mol.